The first-order valence-electron chi connectivity index (χ1n) is 6.05. The van der Waals surface area contributed by atoms with E-state index in [4.69, 9.17) is 0 Å². The molecule has 1 aromatic rings. The summed E-state index contributed by atoms with van der Waals surface area (Å²) in [5.41, 5.74) is 0.888. The maximum Gasteiger partial charge on any atom is 0.229 e. The fourth-order valence-electron chi connectivity index (χ4n) is 3.07. The van der Waals surface area contributed by atoms with E-state index in [1.54, 1.807) is 6.20 Å². The minimum Gasteiger partial charge on any atom is -0.336 e. The first-order chi connectivity index (χ1) is 7.84. The van der Waals surface area contributed by atoms with Crippen LogP contribution in [-0.4, -0.2) is 27.9 Å². The van der Waals surface area contributed by atoms with E-state index in [2.05, 4.69) is 9.88 Å². The van der Waals surface area contributed by atoms with Gasteiger partial charge in [-0.15, -0.1) is 0 Å². The highest BCUT2D eigenvalue weighted by atomic mass is 16.2. The largest absolute Gasteiger partial charge is 0.336 e. The number of fused-ring (bicyclic) bond motifs is 2. The third kappa shape index (κ3) is 1.60. The van der Waals surface area contributed by atoms with Crippen molar-refractivity contribution >= 4 is 5.91 Å². The number of hydrogen-bond acceptors (Lipinski definition) is 2. The second kappa shape index (κ2) is 3.89. The summed E-state index contributed by atoms with van der Waals surface area (Å²) in [7, 11) is 0. The fourth-order valence-corrected chi connectivity index (χ4v) is 3.07. The van der Waals surface area contributed by atoms with E-state index in [0.717, 1.165) is 5.69 Å². The molecule has 0 atom stereocenters. The highest BCUT2D eigenvalue weighted by Crippen LogP contribution is 2.37. The summed E-state index contributed by atoms with van der Waals surface area (Å²) in [4.78, 5) is 18.5. The molecule has 2 aliphatic rings. The lowest BCUT2D eigenvalue weighted by atomic mass is 10.0. The van der Waals surface area contributed by atoms with Crippen LogP contribution in [0.1, 0.15) is 31.4 Å². The molecule has 0 unspecified atom stereocenters. The number of aromatic nitrogens is 1. The van der Waals surface area contributed by atoms with Gasteiger partial charge in [0, 0.05) is 24.0 Å². The minimum atomic E-state index is 0.267. The van der Waals surface area contributed by atoms with Gasteiger partial charge >= 0.3 is 0 Å². The van der Waals surface area contributed by atoms with E-state index < -0.39 is 0 Å². The van der Waals surface area contributed by atoms with Crippen molar-refractivity contribution in [1.29, 1.82) is 0 Å². The zero-order valence-electron chi connectivity index (χ0n) is 9.30. The Morgan fingerprint density at radius 1 is 1.25 bits per heavy atom. The number of carbonyl (C=O) groups excluding carboxylic acids is 1. The molecule has 0 aliphatic carbocycles. The van der Waals surface area contributed by atoms with Crippen molar-refractivity contribution in [3.8, 4) is 0 Å². The molecule has 3 heteroatoms. The number of carbonyl (C=O) groups is 1. The van der Waals surface area contributed by atoms with Crippen LogP contribution in [0.15, 0.2) is 24.4 Å². The molecule has 16 heavy (non-hydrogen) atoms. The van der Waals surface area contributed by atoms with E-state index >= 15 is 0 Å². The second-order valence-electron chi connectivity index (χ2n) is 4.76. The van der Waals surface area contributed by atoms with Crippen molar-refractivity contribution in [2.45, 2.75) is 44.2 Å². The fraction of sp³-hybridized carbons (Fsp3) is 0.538. The van der Waals surface area contributed by atoms with Crippen molar-refractivity contribution in [2.75, 3.05) is 0 Å². The van der Waals surface area contributed by atoms with E-state index in [0.29, 0.717) is 18.5 Å². The maximum atomic E-state index is 12.2. The molecule has 1 aromatic heterocycles. The van der Waals surface area contributed by atoms with Gasteiger partial charge in [-0.25, -0.2) is 0 Å². The van der Waals surface area contributed by atoms with Crippen LogP contribution in [0.3, 0.4) is 0 Å². The highest BCUT2D eigenvalue weighted by molar-refractivity contribution is 5.79. The van der Waals surface area contributed by atoms with Crippen LogP contribution in [0.4, 0.5) is 0 Å². The summed E-state index contributed by atoms with van der Waals surface area (Å²) in [6.07, 6.45) is 7.05. The summed E-state index contributed by atoms with van der Waals surface area (Å²) in [5, 5.41) is 0. The molecule has 2 saturated heterocycles. The normalized spacial score (nSPS) is 27.4. The maximum absolute atomic E-state index is 12.2. The predicted molar refractivity (Wildman–Crippen MR) is 60.8 cm³/mol. The smallest absolute Gasteiger partial charge is 0.229 e. The van der Waals surface area contributed by atoms with Crippen LogP contribution in [0.2, 0.25) is 0 Å². The van der Waals surface area contributed by atoms with Gasteiger partial charge in [-0.2, -0.15) is 0 Å². The molecule has 0 aromatic carbocycles. The topological polar surface area (TPSA) is 33.2 Å². The first-order valence-corrected chi connectivity index (χ1v) is 6.05. The molecular formula is C13H16N2O. The standard InChI is InChI=1S/C13H16N2O/c16-13(9-10-3-1-2-8-14-10)15-11-4-5-12(15)7-6-11/h1-3,8,11-12H,4-7,9H2. The Morgan fingerprint density at radius 3 is 2.50 bits per heavy atom. The molecule has 2 bridgehead atoms. The number of rotatable bonds is 2. The summed E-state index contributed by atoms with van der Waals surface area (Å²) < 4.78 is 0. The summed E-state index contributed by atoms with van der Waals surface area (Å²) >= 11 is 0. The summed E-state index contributed by atoms with van der Waals surface area (Å²) in [6, 6.07) is 6.81. The molecule has 0 spiro atoms. The van der Waals surface area contributed by atoms with E-state index in [1.807, 2.05) is 18.2 Å². The van der Waals surface area contributed by atoms with Crippen molar-refractivity contribution in [3.05, 3.63) is 30.1 Å². The third-order valence-corrected chi connectivity index (χ3v) is 3.80. The summed E-state index contributed by atoms with van der Waals surface area (Å²) in [6.45, 7) is 0. The molecule has 3 heterocycles. The van der Waals surface area contributed by atoms with Crippen LogP contribution < -0.4 is 0 Å². The molecule has 84 valence electrons. The molecule has 1 amide bonds. The highest BCUT2D eigenvalue weighted by Gasteiger charge is 2.41. The lowest BCUT2D eigenvalue weighted by molar-refractivity contribution is -0.131. The Balaban J connectivity index is 1.70. The molecular weight excluding hydrogens is 200 g/mol. The Labute approximate surface area is 95.5 Å². The van der Waals surface area contributed by atoms with Gasteiger partial charge in [0.05, 0.1) is 6.42 Å². The second-order valence-corrected chi connectivity index (χ2v) is 4.76. The monoisotopic (exact) mass is 216 g/mol. The Morgan fingerprint density at radius 2 is 1.94 bits per heavy atom. The van der Waals surface area contributed by atoms with Crippen molar-refractivity contribution < 1.29 is 4.79 Å². The van der Waals surface area contributed by atoms with Crippen LogP contribution in [0.25, 0.3) is 0 Å². The van der Waals surface area contributed by atoms with Gasteiger partial charge in [0.2, 0.25) is 5.91 Å². The van der Waals surface area contributed by atoms with Gasteiger partial charge in [0.25, 0.3) is 0 Å². The van der Waals surface area contributed by atoms with E-state index in [1.165, 1.54) is 25.7 Å². The molecule has 2 fully saturated rings. The molecule has 0 N–H and O–H groups in total. The Hall–Kier alpha value is -1.38. The number of nitrogens with zero attached hydrogens (tertiary/aromatic N) is 2. The number of amides is 1. The number of hydrogen-bond donors (Lipinski definition) is 0. The average molecular weight is 216 g/mol. The van der Waals surface area contributed by atoms with Gasteiger partial charge in [-0.05, 0) is 37.8 Å². The van der Waals surface area contributed by atoms with Gasteiger partial charge in [-0.1, -0.05) is 6.07 Å². The van der Waals surface area contributed by atoms with Crippen LogP contribution in [0.5, 0.6) is 0 Å². The van der Waals surface area contributed by atoms with Crippen LogP contribution >= 0.6 is 0 Å². The van der Waals surface area contributed by atoms with Crippen molar-refractivity contribution in [2.24, 2.45) is 0 Å². The van der Waals surface area contributed by atoms with Crippen LogP contribution in [0, 0.1) is 0 Å². The molecule has 2 aliphatic heterocycles. The van der Waals surface area contributed by atoms with Gasteiger partial charge in [0.1, 0.15) is 0 Å². The lowest BCUT2D eigenvalue weighted by Crippen LogP contribution is -2.36. The quantitative estimate of drug-likeness (QED) is 0.755. The van der Waals surface area contributed by atoms with E-state index in [9.17, 15) is 4.79 Å². The van der Waals surface area contributed by atoms with Crippen molar-refractivity contribution in [3.63, 3.8) is 0 Å². The van der Waals surface area contributed by atoms with E-state index in [-0.39, 0.29) is 5.91 Å². The number of pyridine rings is 1. The molecule has 0 radical (unpaired) electrons. The van der Waals surface area contributed by atoms with Gasteiger partial charge in [-0.3, -0.25) is 9.78 Å². The summed E-state index contributed by atoms with van der Waals surface area (Å²) in [5.74, 6) is 0.267. The van der Waals surface area contributed by atoms with Crippen LogP contribution in [-0.2, 0) is 11.2 Å². The van der Waals surface area contributed by atoms with Gasteiger partial charge in [0.15, 0.2) is 0 Å². The molecule has 3 rings (SSSR count). The zero-order valence-corrected chi connectivity index (χ0v) is 9.30. The Bertz CT molecular complexity index is 370. The first kappa shape index (κ1) is 9.82. The predicted octanol–water partition coefficient (Wildman–Crippen LogP) is 1.78. The minimum absolute atomic E-state index is 0.267. The van der Waals surface area contributed by atoms with Gasteiger partial charge < -0.3 is 4.90 Å². The Kier molecular flexibility index (Phi) is 2.39. The third-order valence-electron chi connectivity index (χ3n) is 3.80. The SMILES string of the molecule is O=C(Cc1ccccn1)N1C2CCC1CC2. The average Bonchev–Trinajstić information content (AvgIpc) is 2.89. The van der Waals surface area contributed by atoms with Crippen molar-refractivity contribution in [1.82, 2.24) is 9.88 Å². The zero-order chi connectivity index (χ0) is 11.0. The lowest BCUT2D eigenvalue weighted by Gasteiger charge is -2.21. The molecule has 0 saturated carbocycles. The molecule has 3 nitrogen and oxygen atoms in total.